The Morgan fingerprint density at radius 1 is 1.05 bits per heavy atom. The summed E-state index contributed by atoms with van der Waals surface area (Å²) in [6.07, 6.45) is 3.44. The van der Waals surface area contributed by atoms with E-state index in [4.69, 9.17) is 0 Å². The minimum atomic E-state index is 0.797. The van der Waals surface area contributed by atoms with E-state index in [0.717, 1.165) is 28.0 Å². The van der Waals surface area contributed by atoms with Crippen LogP contribution in [0.4, 0.5) is 0 Å². The predicted octanol–water partition coefficient (Wildman–Crippen LogP) is 3.88. The number of benzene rings is 1. The maximum absolute atomic E-state index is 4.51. The lowest BCUT2D eigenvalue weighted by Gasteiger charge is -2.08. The summed E-state index contributed by atoms with van der Waals surface area (Å²) in [6.45, 7) is 6.13. The first kappa shape index (κ1) is 14.8. The van der Waals surface area contributed by atoms with Gasteiger partial charge in [-0.1, -0.05) is 41.6 Å². The summed E-state index contributed by atoms with van der Waals surface area (Å²) in [5, 5.41) is 5.41. The van der Waals surface area contributed by atoms with Gasteiger partial charge in [-0.25, -0.2) is 14.6 Å². The molecular formula is C17H18N4S. The van der Waals surface area contributed by atoms with E-state index in [1.807, 2.05) is 24.6 Å². The molecule has 3 rings (SSSR count). The molecular weight excluding hydrogens is 292 g/mol. The van der Waals surface area contributed by atoms with Crippen LogP contribution in [0.1, 0.15) is 22.5 Å². The summed E-state index contributed by atoms with van der Waals surface area (Å²) in [4.78, 5) is 8.95. The van der Waals surface area contributed by atoms with Crippen LogP contribution in [0.15, 0.2) is 47.8 Å². The predicted molar refractivity (Wildman–Crippen MR) is 89.4 cm³/mol. The van der Waals surface area contributed by atoms with Crippen LogP contribution in [-0.2, 0) is 5.75 Å². The average molecular weight is 310 g/mol. The van der Waals surface area contributed by atoms with Gasteiger partial charge in [0, 0.05) is 23.8 Å². The molecule has 0 unspecified atom stereocenters. The minimum Gasteiger partial charge on any atom is -0.244 e. The zero-order valence-corrected chi connectivity index (χ0v) is 13.8. The fourth-order valence-corrected chi connectivity index (χ4v) is 3.25. The quantitative estimate of drug-likeness (QED) is 0.686. The van der Waals surface area contributed by atoms with E-state index < -0.39 is 0 Å². The second-order valence-electron chi connectivity index (χ2n) is 5.30. The van der Waals surface area contributed by atoms with Crippen molar-refractivity contribution in [2.45, 2.75) is 31.6 Å². The molecule has 1 aromatic carbocycles. The fourth-order valence-electron chi connectivity index (χ4n) is 2.36. The van der Waals surface area contributed by atoms with Crippen molar-refractivity contribution in [3.05, 3.63) is 65.2 Å². The molecule has 0 aliphatic heterocycles. The van der Waals surface area contributed by atoms with E-state index in [2.05, 4.69) is 46.3 Å². The number of nitrogens with zero attached hydrogens (tertiary/aromatic N) is 4. The van der Waals surface area contributed by atoms with Gasteiger partial charge >= 0.3 is 0 Å². The number of aryl methyl sites for hydroxylation is 3. The van der Waals surface area contributed by atoms with Gasteiger partial charge in [0.15, 0.2) is 5.82 Å². The van der Waals surface area contributed by atoms with E-state index in [0.29, 0.717) is 0 Å². The summed E-state index contributed by atoms with van der Waals surface area (Å²) in [5.74, 6) is 1.66. The lowest BCUT2D eigenvalue weighted by molar-refractivity contribution is 0.770. The summed E-state index contributed by atoms with van der Waals surface area (Å²) in [7, 11) is 0. The first-order valence-electron chi connectivity index (χ1n) is 7.16. The molecule has 4 nitrogen and oxygen atoms in total. The van der Waals surface area contributed by atoms with Crippen LogP contribution >= 0.6 is 11.8 Å². The van der Waals surface area contributed by atoms with E-state index in [9.17, 15) is 0 Å². The smallest absolute Gasteiger partial charge is 0.186 e. The molecule has 0 radical (unpaired) electrons. The number of thioether (sulfide) groups is 1. The van der Waals surface area contributed by atoms with Crippen molar-refractivity contribution in [3.8, 4) is 5.82 Å². The lowest BCUT2D eigenvalue weighted by Crippen LogP contribution is -2.05. The largest absolute Gasteiger partial charge is 0.244 e. The van der Waals surface area contributed by atoms with Crippen LogP contribution in [0, 0.1) is 20.8 Å². The molecule has 3 aromatic rings. The molecule has 0 saturated heterocycles. The lowest BCUT2D eigenvalue weighted by atomic mass is 10.2. The first-order chi connectivity index (χ1) is 10.6. The zero-order valence-electron chi connectivity index (χ0n) is 12.9. The highest BCUT2D eigenvalue weighted by molar-refractivity contribution is 7.98. The molecule has 22 heavy (non-hydrogen) atoms. The molecule has 0 N–H and O–H groups in total. The molecule has 0 fully saturated rings. The van der Waals surface area contributed by atoms with Gasteiger partial charge in [-0.3, -0.25) is 0 Å². The Hall–Kier alpha value is -2.14. The van der Waals surface area contributed by atoms with Crippen LogP contribution in [0.5, 0.6) is 0 Å². The van der Waals surface area contributed by atoms with Gasteiger partial charge in [-0.05, 0) is 32.4 Å². The average Bonchev–Trinajstić information content (AvgIpc) is 2.84. The van der Waals surface area contributed by atoms with Gasteiger partial charge in [-0.2, -0.15) is 5.10 Å². The van der Waals surface area contributed by atoms with Crippen molar-refractivity contribution in [3.63, 3.8) is 0 Å². The number of hydrogen-bond donors (Lipinski definition) is 0. The van der Waals surface area contributed by atoms with Crippen LogP contribution in [0.2, 0.25) is 0 Å². The Morgan fingerprint density at radius 2 is 1.86 bits per heavy atom. The van der Waals surface area contributed by atoms with Crippen molar-refractivity contribution in [2.24, 2.45) is 0 Å². The topological polar surface area (TPSA) is 43.6 Å². The van der Waals surface area contributed by atoms with Crippen LogP contribution in [-0.4, -0.2) is 19.7 Å². The molecule has 0 bridgehead atoms. The number of rotatable bonds is 4. The molecule has 5 heteroatoms. The molecule has 2 heterocycles. The summed E-state index contributed by atoms with van der Waals surface area (Å²) in [6, 6.07) is 10.6. The van der Waals surface area contributed by atoms with Crippen LogP contribution < -0.4 is 0 Å². The molecule has 0 aliphatic rings. The molecule has 0 spiro atoms. The maximum Gasteiger partial charge on any atom is 0.186 e. The summed E-state index contributed by atoms with van der Waals surface area (Å²) >= 11 is 1.69. The second-order valence-corrected chi connectivity index (χ2v) is 6.27. The van der Waals surface area contributed by atoms with Crippen molar-refractivity contribution in [1.82, 2.24) is 19.7 Å². The SMILES string of the molecule is Cc1cccc(CSc2nccnc2-n2nc(C)cc2C)c1. The summed E-state index contributed by atoms with van der Waals surface area (Å²) < 4.78 is 1.86. The number of hydrogen-bond acceptors (Lipinski definition) is 4. The third-order valence-electron chi connectivity index (χ3n) is 3.31. The van der Waals surface area contributed by atoms with E-state index in [1.54, 1.807) is 24.2 Å². The molecule has 0 atom stereocenters. The van der Waals surface area contributed by atoms with E-state index >= 15 is 0 Å². The van der Waals surface area contributed by atoms with Crippen molar-refractivity contribution < 1.29 is 0 Å². The third-order valence-corrected chi connectivity index (χ3v) is 4.35. The third kappa shape index (κ3) is 3.20. The van der Waals surface area contributed by atoms with Gasteiger partial charge in [0.25, 0.3) is 0 Å². The number of aromatic nitrogens is 4. The van der Waals surface area contributed by atoms with Gasteiger partial charge < -0.3 is 0 Å². The molecule has 0 amide bonds. The van der Waals surface area contributed by atoms with Crippen LogP contribution in [0.3, 0.4) is 0 Å². The second kappa shape index (κ2) is 6.32. The Morgan fingerprint density at radius 3 is 2.59 bits per heavy atom. The highest BCUT2D eigenvalue weighted by Gasteiger charge is 2.12. The molecule has 0 aliphatic carbocycles. The van der Waals surface area contributed by atoms with Gasteiger partial charge in [0.05, 0.1) is 5.69 Å². The minimum absolute atomic E-state index is 0.797. The Labute approximate surface area is 134 Å². The van der Waals surface area contributed by atoms with Crippen LogP contribution in [0.25, 0.3) is 5.82 Å². The fraction of sp³-hybridized carbons (Fsp3) is 0.235. The standard InChI is InChI=1S/C17H18N4S/c1-12-5-4-6-15(9-12)11-22-17-16(18-7-8-19-17)21-14(3)10-13(2)20-21/h4-10H,11H2,1-3H3. The summed E-state index contributed by atoms with van der Waals surface area (Å²) in [5.41, 5.74) is 4.61. The first-order valence-corrected chi connectivity index (χ1v) is 8.15. The van der Waals surface area contributed by atoms with Gasteiger partial charge in [0.2, 0.25) is 0 Å². The van der Waals surface area contributed by atoms with Crippen molar-refractivity contribution in [2.75, 3.05) is 0 Å². The highest BCUT2D eigenvalue weighted by atomic mass is 32.2. The normalized spacial score (nSPS) is 10.9. The van der Waals surface area contributed by atoms with E-state index in [1.165, 1.54) is 11.1 Å². The van der Waals surface area contributed by atoms with Gasteiger partial charge in [0.1, 0.15) is 5.03 Å². The maximum atomic E-state index is 4.51. The molecule has 112 valence electrons. The van der Waals surface area contributed by atoms with E-state index in [-0.39, 0.29) is 0 Å². The Kier molecular flexibility index (Phi) is 4.24. The Bertz CT molecular complexity index is 795. The van der Waals surface area contributed by atoms with Crippen molar-refractivity contribution in [1.29, 1.82) is 0 Å². The molecule has 2 aromatic heterocycles. The highest BCUT2D eigenvalue weighted by Crippen LogP contribution is 2.26. The zero-order chi connectivity index (χ0) is 15.5. The van der Waals surface area contributed by atoms with Gasteiger partial charge in [-0.15, -0.1) is 0 Å². The molecule has 0 saturated carbocycles. The van der Waals surface area contributed by atoms with Crippen molar-refractivity contribution >= 4 is 11.8 Å². The monoisotopic (exact) mass is 310 g/mol. The Balaban J connectivity index is 1.87.